The normalized spacial score (nSPS) is 22.0. The van der Waals surface area contributed by atoms with Gasteiger partial charge in [0.2, 0.25) is 0 Å². The molecular formula is C19H26BF3N4O2. The summed E-state index contributed by atoms with van der Waals surface area (Å²) in [5.74, 6) is -1.08. The van der Waals surface area contributed by atoms with Gasteiger partial charge in [0.15, 0.2) is 0 Å². The van der Waals surface area contributed by atoms with Crippen LogP contribution in [0.2, 0.25) is 0 Å². The van der Waals surface area contributed by atoms with E-state index in [4.69, 9.17) is 20.1 Å². The van der Waals surface area contributed by atoms with E-state index in [2.05, 4.69) is 5.32 Å². The highest BCUT2D eigenvalue weighted by atomic mass is 19.3. The molecule has 2 heterocycles. The van der Waals surface area contributed by atoms with Gasteiger partial charge in [0.05, 0.1) is 28.1 Å². The molecule has 1 fully saturated rings. The predicted molar refractivity (Wildman–Crippen MR) is 108 cm³/mol. The zero-order valence-corrected chi connectivity index (χ0v) is 17.6. The lowest BCUT2D eigenvalue weighted by molar-refractivity contribution is 0.00578. The predicted octanol–water partition coefficient (Wildman–Crippen LogP) is 4.05. The van der Waals surface area contributed by atoms with Gasteiger partial charge in [-0.05, 0) is 60.0 Å². The number of nitrogens with zero attached hydrogens (tertiary/aromatic N) is 1. The standard InChI is InChI=1S/C19H26BF3N4O2/c1-9(24)27-14-12(15(22)23)10(20-28-18(4,5)19(6,7)29-20)8-11(21)13(14)26-17(2,3)16(27)25/h8,15,24-26H,1-7H3. The molecule has 29 heavy (non-hydrogen) atoms. The van der Waals surface area contributed by atoms with E-state index in [1.807, 2.05) is 0 Å². The molecule has 0 spiro atoms. The third kappa shape index (κ3) is 3.22. The van der Waals surface area contributed by atoms with Gasteiger partial charge >= 0.3 is 7.12 Å². The average Bonchev–Trinajstić information content (AvgIpc) is 2.76. The van der Waals surface area contributed by atoms with E-state index >= 15 is 4.39 Å². The van der Waals surface area contributed by atoms with Crippen LogP contribution in [-0.4, -0.2) is 35.5 Å². The monoisotopic (exact) mass is 410 g/mol. The van der Waals surface area contributed by atoms with Crippen LogP contribution in [0.25, 0.3) is 0 Å². The smallest absolute Gasteiger partial charge is 0.399 e. The largest absolute Gasteiger partial charge is 0.495 e. The lowest BCUT2D eigenvalue weighted by atomic mass is 9.74. The first-order chi connectivity index (χ1) is 13.1. The SMILES string of the molecule is CC(=N)N1C(=N)C(C)(C)Nc2c(F)cc(B3OC(C)(C)C(C)(C)O3)c(C(F)F)c21. The van der Waals surface area contributed by atoms with Crippen molar-refractivity contribution in [3.05, 3.63) is 17.4 Å². The Balaban J connectivity index is 2.29. The minimum Gasteiger partial charge on any atom is -0.399 e. The molecule has 1 aromatic carbocycles. The average molecular weight is 410 g/mol. The molecule has 0 saturated carbocycles. The molecule has 3 N–H and O–H groups in total. The number of nitrogens with one attached hydrogen (secondary N) is 3. The highest BCUT2D eigenvalue weighted by molar-refractivity contribution is 6.63. The molecule has 1 saturated heterocycles. The van der Waals surface area contributed by atoms with Crippen molar-refractivity contribution in [2.24, 2.45) is 0 Å². The van der Waals surface area contributed by atoms with Crippen LogP contribution in [-0.2, 0) is 9.31 Å². The molecule has 6 nitrogen and oxygen atoms in total. The fraction of sp³-hybridized carbons (Fsp3) is 0.579. The molecule has 158 valence electrons. The summed E-state index contributed by atoms with van der Waals surface area (Å²) in [5, 5.41) is 19.3. The third-order valence-electron chi connectivity index (χ3n) is 5.86. The molecular weight excluding hydrogens is 384 g/mol. The van der Waals surface area contributed by atoms with Gasteiger partial charge in [-0.15, -0.1) is 0 Å². The second-order valence-corrected chi connectivity index (χ2v) is 8.99. The van der Waals surface area contributed by atoms with Gasteiger partial charge in [0.1, 0.15) is 17.5 Å². The molecule has 3 rings (SSSR count). The molecule has 0 bridgehead atoms. The third-order valence-corrected chi connectivity index (χ3v) is 5.86. The highest BCUT2D eigenvalue weighted by Crippen LogP contribution is 2.44. The van der Waals surface area contributed by atoms with Crippen molar-refractivity contribution in [1.82, 2.24) is 0 Å². The molecule has 2 aliphatic heterocycles. The molecule has 0 aliphatic carbocycles. The van der Waals surface area contributed by atoms with E-state index in [1.165, 1.54) is 6.92 Å². The van der Waals surface area contributed by atoms with Crippen LogP contribution in [0.4, 0.5) is 24.5 Å². The van der Waals surface area contributed by atoms with Crippen molar-refractivity contribution < 1.29 is 22.5 Å². The minimum atomic E-state index is -3.00. The van der Waals surface area contributed by atoms with Gasteiger partial charge in [-0.3, -0.25) is 15.7 Å². The lowest BCUT2D eigenvalue weighted by Crippen LogP contribution is -2.56. The molecule has 10 heteroatoms. The Hall–Kier alpha value is -2.07. The molecule has 0 atom stereocenters. The van der Waals surface area contributed by atoms with Crippen LogP contribution in [0.1, 0.15) is 60.5 Å². The summed E-state index contributed by atoms with van der Waals surface area (Å²) in [4.78, 5) is 1.05. The first-order valence-electron chi connectivity index (χ1n) is 9.33. The van der Waals surface area contributed by atoms with Crippen molar-refractivity contribution in [3.8, 4) is 0 Å². The summed E-state index contributed by atoms with van der Waals surface area (Å²) in [7, 11) is -1.21. The van der Waals surface area contributed by atoms with Crippen molar-refractivity contribution in [3.63, 3.8) is 0 Å². The Labute approximate surface area is 168 Å². The molecule has 0 unspecified atom stereocenters. The summed E-state index contributed by atoms with van der Waals surface area (Å²) in [5.41, 5.74) is -3.73. The second-order valence-electron chi connectivity index (χ2n) is 8.99. The highest BCUT2D eigenvalue weighted by Gasteiger charge is 2.54. The van der Waals surface area contributed by atoms with Crippen LogP contribution in [0.5, 0.6) is 0 Å². The van der Waals surface area contributed by atoms with Crippen molar-refractivity contribution in [2.75, 3.05) is 10.2 Å². The Morgan fingerprint density at radius 3 is 2.10 bits per heavy atom. The number of fused-ring (bicyclic) bond motifs is 1. The van der Waals surface area contributed by atoms with Gasteiger partial charge < -0.3 is 14.6 Å². The molecule has 0 aromatic heterocycles. The van der Waals surface area contributed by atoms with E-state index in [0.29, 0.717) is 0 Å². The summed E-state index contributed by atoms with van der Waals surface area (Å²) >= 11 is 0. The van der Waals surface area contributed by atoms with Crippen LogP contribution >= 0.6 is 0 Å². The maximum absolute atomic E-state index is 15.1. The van der Waals surface area contributed by atoms with Gasteiger partial charge in [-0.1, -0.05) is 0 Å². The van der Waals surface area contributed by atoms with Crippen molar-refractivity contribution in [2.45, 2.75) is 71.6 Å². The number of hydrogen-bond acceptors (Lipinski definition) is 5. The topological polar surface area (TPSA) is 81.4 Å². The number of hydrogen-bond donors (Lipinski definition) is 3. The maximum Gasteiger partial charge on any atom is 0.495 e. The number of rotatable bonds is 2. The number of benzene rings is 1. The van der Waals surface area contributed by atoms with Crippen molar-refractivity contribution >= 4 is 35.6 Å². The van der Waals surface area contributed by atoms with Gasteiger partial charge in [-0.2, -0.15) is 0 Å². The van der Waals surface area contributed by atoms with E-state index in [0.717, 1.165) is 11.0 Å². The van der Waals surface area contributed by atoms with Crippen LogP contribution < -0.4 is 15.7 Å². The summed E-state index contributed by atoms with van der Waals surface area (Å²) in [6, 6.07) is 0.998. The summed E-state index contributed by atoms with van der Waals surface area (Å²) < 4.78 is 55.5. The molecule has 2 aliphatic rings. The number of amidine groups is 2. The van der Waals surface area contributed by atoms with Gasteiger partial charge in [0, 0.05) is 5.56 Å². The second kappa shape index (κ2) is 6.47. The summed E-state index contributed by atoms with van der Waals surface area (Å²) in [6.45, 7) is 11.7. The number of halogens is 3. The molecule has 0 radical (unpaired) electrons. The zero-order chi connectivity index (χ0) is 22.1. The Kier molecular flexibility index (Phi) is 4.83. The maximum atomic E-state index is 15.1. The lowest BCUT2D eigenvalue weighted by Gasteiger charge is -2.43. The Morgan fingerprint density at radius 2 is 1.66 bits per heavy atom. The Morgan fingerprint density at radius 1 is 1.14 bits per heavy atom. The fourth-order valence-electron chi connectivity index (χ4n) is 3.51. The zero-order valence-electron chi connectivity index (χ0n) is 17.6. The molecule has 0 amide bonds. The van der Waals surface area contributed by atoms with Crippen LogP contribution in [0.3, 0.4) is 0 Å². The number of anilines is 2. The van der Waals surface area contributed by atoms with Gasteiger partial charge in [0.25, 0.3) is 6.43 Å². The van der Waals surface area contributed by atoms with E-state index in [-0.39, 0.29) is 28.5 Å². The Bertz CT molecular complexity index is 886. The first-order valence-corrected chi connectivity index (χ1v) is 9.33. The van der Waals surface area contributed by atoms with E-state index in [9.17, 15) is 8.78 Å². The first kappa shape index (κ1) is 21.6. The van der Waals surface area contributed by atoms with Gasteiger partial charge in [-0.25, -0.2) is 13.2 Å². The minimum absolute atomic E-state index is 0.134. The molecule has 1 aromatic rings. The van der Waals surface area contributed by atoms with E-state index < -0.39 is 41.7 Å². The summed E-state index contributed by atoms with van der Waals surface area (Å²) in [6.07, 6.45) is -3.00. The fourth-order valence-corrected chi connectivity index (χ4v) is 3.51. The van der Waals surface area contributed by atoms with Crippen LogP contribution in [0.15, 0.2) is 6.07 Å². The number of alkyl halides is 2. The van der Waals surface area contributed by atoms with Crippen LogP contribution in [0, 0.1) is 16.6 Å². The van der Waals surface area contributed by atoms with Crippen molar-refractivity contribution in [1.29, 1.82) is 10.8 Å². The van der Waals surface area contributed by atoms with E-state index in [1.54, 1.807) is 41.5 Å². The quantitative estimate of drug-likeness (QED) is 0.391.